The molecule has 1 N–H and O–H groups in total. The second-order valence-electron chi connectivity index (χ2n) is 3.81. The van der Waals surface area contributed by atoms with Crippen LogP contribution in [0.1, 0.15) is 20.8 Å². The quantitative estimate of drug-likeness (QED) is 0.795. The smallest absolute Gasteiger partial charge is 0.265 e. The number of hydrogen-bond donors (Lipinski definition) is 1. The molecule has 0 aliphatic heterocycles. The lowest BCUT2D eigenvalue weighted by molar-refractivity contribution is 0.103. The van der Waals surface area contributed by atoms with Crippen molar-refractivity contribution in [2.75, 3.05) is 5.32 Å². The standard InChI is InChI=1S/C13H11BrClNOS/c1-8-6-11(18-12(8)14)13(17)16-10-5-3-2-4-9(10)7-15/h2-6H,7H2,1H3,(H,16,17). The molecule has 2 rings (SSSR count). The van der Waals surface area contributed by atoms with E-state index in [4.69, 9.17) is 11.6 Å². The van der Waals surface area contributed by atoms with Gasteiger partial charge in [0.25, 0.3) is 5.91 Å². The first-order valence-electron chi connectivity index (χ1n) is 5.33. The van der Waals surface area contributed by atoms with Crippen LogP contribution in [-0.2, 0) is 5.88 Å². The summed E-state index contributed by atoms with van der Waals surface area (Å²) in [7, 11) is 0. The lowest BCUT2D eigenvalue weighted by Gasteiger charge is -2.07. The van der Waals surface area contributed by atoms with E-state index in [0.717, 1.165) is 20.6 Å². The molecule has 0 fully saturated rings. The third kappa shape index (κ3) is 2.94. The molecule has 18 heavy (non-hydrogen) atoms. The van der Waals surface area contributed by atoms with Gasteiger partial charge in [0, 0.05) is 11.6 Å². The summed E-state index contributed by atoms with van der Waals surface area (Å²) >= 11 is 10.7. The molecule has 0 saturated heterocycles. The van der Waals surface area contributed by atoms with Gasteiger partial charge in [-0.3, -0.25) is 4.79 Å². The van der Waals surface area contributed by atoms with E-state index in [-0.39, 0.29) is 5.91 Å². The number of hydrogen-bond acceptors (Lipinski definition) is 2. The highest BCUT2D eigenvalue weighted by molar-refractivity contribution is 9.11. The number of amides is 1. The molecule has 1 aromatic heterocycles. The van der Waals surface area contributed by atoms with E-state index in [1.54, 1.807) is 0 Å². The number of benzene rings is 1. The van der Waals surface area contributed by atoms with Crippen LogP contribution in [-0.4, -0.2) is 5.91 Å². The molecule has 0 saturated carbocycles. The molecule has 5 heteroatoms. The predicted octanol–water partition coefficient (Wildman–Crippen LogP) is 4.81. The number of nitrogens with one attached hydrogen (secondary N) is 1. The highest BCUT2D eigenvalue weighted by Gasteiger charge is 2.12. The van der Waals surface area contributed by atoms with E-state index in [1.807, 2.05) is 37.3 Å². The fourth-order valence-corrected chi connectivity index (χ4v) is 3.18. The maximum absolute atomic E-state index is 12.1. The van der Waals surface area contributed by atoms with Crippen LogP contribution in [0, 0.1) is 6.92 Å². The van der Waals surface area contributed by atoms with Crippen molar-refractivity contribution >= 4 is 50.5 Å². The average Bonchev–Trinajstić information content (AvgIpc) is 2.70. The third-order valence-corrected chi connectivity index (χ3v) is 4.91. The van der Waals surface area contributed by atoms with Crippen molar-refractivity contribution in [1.29, 1.82) is 0 Å². The van der Waals surface area contributed by atoms with Gasteiger partial charge < -0.3 is 5.32 Å². The fraction of sp³-hybridized carbons (Fsp3) is 0.154. The highest BCUT2D eigenvalue weighted by atomic mass is 79.9. The van der Waals surface area contributed by atoms with Crippen LogP contribution in [0.3, 0.4) is 0 Å². The SMILES string of the molecule is Cc1cc(C(=O)Nc2ccccc2CCl)sc1Br. The molecule has 0 radical (unpaired) electrons. The minimum absolute atomic E-state index is 0.105. The molecule has 2 nitrogen and oxygen atoms in total. The van der Waals surface area contributed by atoms with Crippen molar-refractivity contribution in [2.24, 2.45) is 0 Å². The van der Waals surface area contributed by atoms with Gasteiger partial charge in [-0.2, -0.15) is 0 Å². The Balaban J connectivity index is 2.21. The summed E-state index contributed by atoms with van der Waals surface area (Å²) < 4.78 is 0.985. The van der Waals surface area contributed by atoms with Gasteiger partial charge in [-0.25, -0.2) is 0 Å². The van der Waals surface area contributed by atoms with E-state index in [0.29, 0.717) is 10.8 Å². The largest absolute Gasteiger partial charge is 0.321 e. The van der Waals surface area contributed by atoms with Crippen LogP contribution in [0.4, 0.5) is 5.69 Å². The van der Waals surface area contributed by atoms with Gasteiger partial charge in [-0.05, 0) is 46.1 Å². The summed E-state index contributed by atoms with van der Waals surface area (Å²) in [6.07, 6.45) is 0. The average molecular weight is 345 g/mol. The van der Waals surface area contributed by atoms with Gasteiger partial charge in [0.05, 0.1) is 8.66 Å². The third-order valence-electron chi connectivity index (χ3n) is 2.49. The molecule has 0 atom stereocenters. The van der Waals surface area contributed by atoms with Crippen LogP contribution >= 0.6 is 38.9 Å². The van der Waals surface area contributed by atoms with Gasteiger partial charge in [0.15, 0.2) is 0 Å². The number of aryl methyl sites for hydroxylation is 1. The molecular weight excluding hydrogens is 334 g/mol. The zero-order valence-electron chi connectivity index (χ0n) is 9.67. The van der Waals surface area contributed by atoms with E-state index < -0.39 is 0 Å². The van der Waals surface area contributed by atoms with Crippen LogP contribution in [0.5, 0.6) is 0 Å². The number of halogens is 2. The molecular formula is C13H11BrClNOS. The number of thiophene rings is 1. The number of alkyl halides is 1. The lowest BCUT2D eigenvalue weighted by atomic mass is 10.2. The van der Waals surface area contributed by atoms with Crippen LogP contribution in [0.2, 0.25) is 0 Å². The summed E-state index contributed by atoms with van der Waals surface area (Å²) in [6, 6.07) is 9.40. The number of para-hydroxylation sites is 1. The fourth-order valence-electron chi connectivity index (χ4n) is 1.51. The maximum atomic E-state index is 12.1. The Kier molecular flexibility index (Phi) is 4.43. The lowest BCUT2D eigenvalue weighted by Crippen LogP contribution is -2.11. The number of rotatable bonds is 3. The zero-order chi connectivity index (χ0) is 13.1. The van der Waals surface area contributed by atoms with Crippen LogP contribution < -0.4 is 5.32 Å². The summed E-state index contributed by atoms with van der Waals surface area (Å²) in [4.78, 5) is 12.8. The van der Waals surface area contributed by atoms with E-state index in [9.17, 15) is 4.79 Å². The second kappa shape index (κ2) is 5.87. The van der Waals surface area contributed by atoms with Gasteiger partial charge in [0.1, 0.15) is 0 Å². The van der Waals surface area contributed by atoms with Gasteiger partial charge in [-0.15, -0.1) is 22.9 Å². The summed E-state index contributed by atoms with van der Waals surface area (Å²) in [6.45, 7) is 1.96. The number of carbonyl (C=O) groups excluding carboxylic acids is 1. The van der Waals surface area contributed by atoms with E-state index in [2.05, 4.69) is 21.2 Å². The van der Waals surface area contributed by atoms with E-state index >= 15 is 0 Å². The predicted molar refractivity (Wildman–Crippen MR) is 80.7 cm³/mol. The molecule has 0 aliphatic carbocycles. The second-order valence-corrected chi connectivity index (χ2v) is 6.45. The molecule has 1 amide bonds. The van der Waals surface area contributed by atoms with Gasteiger partial charge in [-0.1, -0.05) is 18.2 Å². The Labute approximate surface area is 123 Å². The first kappa shape index (κ1) is 13.6. The minimum atomic E-state index is -0.105. The first-order valence-corrected chi connectivity index (χ1v) is 7.47. The molecule has 94 valence electrons. The topological polar surface area (TPSA) is 29.1 Å². The first-order chi connectivity index (χ1) is 8.61. The molecule has 2 aromatic rings. The van der Waals surface area contributed by atoms with Crippen molar-refractivity contribution in [1.82, 2.24) is 0 Å². The molecule has 0 aliphatic rings. The number of carbonyl (C=O) groups is 1. The Bertz CT molecular complexity index is 563. The Morgan fingerprint density at radius 1 is 1.44 bits per heavy atom. The zero-order valence-corrected chi connectivity index (χ0v) is 12.8. The monoisotopic (exact) mass is 343 g/mol. The summed E-state index contributed by atoms with van der Waals surface area (Å²) in [5, 5.41) is 2.88. The molecule has 0 spiro atoms. The minimum Gasteiger partial charge on any atom is -0.321 e. The molecule has 0 bridgehead atoms. The molecule has 1 heterocycles. The van der Waals surface area contributed by atoms with Crippen LogP contribution in [0.25, 0.3) is 0 Å². The van der Waals surface area contributed by atoms with E-state index in [1.165, 1.54) is 11.3 Å². The molecule has 1 aromatic carbocycles. The van der Waals surface area contributed by atoms with Crippen molar-refractivity contribution in [2.45, 2.75) is 12.8 Å². The van der Waals surface area contributed by atoms with Gasteiger partial charge in [0.2, 0.25) is 0 Å². The maximum Gasteiger partial charge on any atom is 0.265 e. The van der Waals surface area contributed by atoms with Crippen molar-refractivity contribution < 1.29 is 4.79 Å². The normalized spacial score (nSPS) is 10.4. The van der Waals surface area contributed by atoms with Crippen molar-refractivity contribution in [3.63, 3.8) is 0 Å². The Hall–Kier alpha value is -0.840. The molecule has 0 unspecified atom stereocenters. The summed E-state index contributed by atoms with van der Waals surface area (Å²) in [5.41, 5.74) is 2.75. The summed E-state index contributed by atoms with van der Waals surface area (Å²) in [5.74, 6) is 0.273. The Morgan fingerprint density at radius 2 is 2.17 bits per heavy atom. The Morgan fingerprint density at radius 3 is 2.78 bits per heavy atom. The van der Waals surface area contributed by atoms with Crippen LogP contribution in [0.15, 0.2) is 34.1 Å². The van der Waals surface area contributed by atoms with Crippen molar-refractivity contribution in [3.05, 3.63) is 50.1 Å². The van der Waals surface area contributed by atoms with Gasteiger partial charge >= 0.3 is 0 Å². The number of anilines is 1. The highest BCUT2D eigenvalue weighted by Crippen LogP contribution is 2.28. The van der Waals surface area contributed by atoms with Crippen molar-refractivity contribution in [3.8, 4) is 0 Å².